The molecule has 0 N–H and O–H groups in total. The molecule has 3 rings (SSSR count). The summed E-state index contributed by atoms with van der Waals surface area (Å²) in [6, 6.07) is 11.5. The Balaban J connectivity index is 2.34. The summed E-state index contributed by atoms with van der Waals surface area (Å²) in [6.07, 6.45) is 3.72. The highest BCUT2D eigenvalue weighted by atomic mass is 32.1. The van der Waals surface area contributed by atoms with E-state index >= 15 is 0 Å². The largest absolute Gasteiger partial charge is 0.396 e. The van der Waals surface area contributed by atoms with Crippen molar-refractivity contribution in [2.45, 2.75) is 6.92 Å². The number of nitrogens with zero attached hydrogens (tertiary/aromatic N) is 2. The molecule has 4 nitrogen and oxygen atoms in total. The first-order chi connectivity index (χ1) is 9.16. The number of benzene rings is 1. The molecule has 2 aromatic heterocycles. The Morgan fingerprint density at radius 3 is 2.53 bits per heavy atom. The Hall–Kier alpha value is -2.27. The molecule has 1 aromatic carbocycles. The van der Waals surface area contributed by atoms with E-state index in [0.29, 0.717) is 5.69 Å². The van der Waals surface area contributed by atoms with E-state index in [1.165, 1.54) is 11.3 Å². The van der Waals surface area contributed by atoms with Crippen molar-refractivity contribution in [2.24, 2.45) is 0 Å². The summed E-state index contributed by atoms with van der Waals surface area (Å²) in [6.45, 7) is 1.99. The standard InChI is InChI=1S/C14H11N2O2S/c1-10-6-8-15(9-7-10)13-11-4-2-3-5-12(11)19-14(13)16(17)18/h2-9H,1H3/q+1. The lowest BCUT2D eigenvalue weighted by molar-refractivity contribution is -0.598. The molecule has 0 bridgehead atoms. The minimum atomic E-state index is -0.313. The SMILES string of the molecule is Cc1cc[n+](-c2c([N+](=O)[O-])sc3ccccc23)cc1. The lowest BCUT2D eigenvalue weighted by Crippen LogP contribution is -2.29. The number of rotatable bonds is 2. The van der Waals surface area contributed by atoms with Crippen LogP contribution in [0, 0.1) is 17.0 Å². The summed E-state index contributed by atoms with van der Waals surface area (Å²) < 4.78 is 2.74. The summed E-state index contributed by atoms with van der Waals surface area (Å²) in [5.74, 6) is 0. The number of fused-ring (bicyclic) bond motifs is 1. The van der Waals surface area contributed by atoms with Crippen molar-refractivity contribution in [2.75, 3.05) is 0 Å². The summed E-state index contributed by atoms with van der Waals surface area (Å²) in [4.78, 5) is 10.9. The maximum Gasteiger partial charge on any atom is 0.396 e. The molecule has 0 saturated carbocycles. The Kier molecular flexibility index (Phi) is 2.76. The van der Waals surface area contributed by atoms with Gasteiger partial charge in [-0.3, -0.25) is 10.1 Å². The quantitative estimate of drug-likeness (QED) is 0.407. The van der Waals surface area contributed by atoms with Crippen LogP contribution in [0.4, 0.5) is 5.00 Å². The van der Waals surface area contributed by atoms with Crippen molar-refractivity contribution < 1.29 is 9.49 Å². The zero-order valence-electron chi connectivity index (χ0n) is 10.2. The topological polar surface area (TPSA) is 47.0 Å². The molecule has 0 spiro atoms. The summed E-state index contributed by atoms with van der Waals surface area (Å²) in [5.41, 5.74) is 1.77. The average molecular weight is 271 g/mol. The second-order valence-corrected chi connectivity index (χ2v) is 5.32. The van der Waals surface area contributed by atoms with Gasteiger partial charge in [-0.2, -0.15) is 4.57 Å². The fourth-order valence-electron chi connectivity index (χ4n) is 2.04. The number of aryl methyl sites for hydroxylation is 1. The van der Waals surface area contributed by atoms with Crippen molar-refractivity contribution in [3.05, 3.63) is 64.5 Å². The Morgan fingerprint density at radius 2 is 1.84 bits per heavy atom. The van der Waals surface area contributed by atoms with Crippen LogP contribution in [0.15, 0.2) is 48.8 Å². The third-order valence-corrected chi connectivity index (χ3v) is 4.08. The smallest absolute Gasteiger partial charge is 0.257 e. The minimum absolute atomic E-state index is 0.176. The fourth-order valence-corrected chi connectivity index (χ4v) is 3.06. The molecule has 0 aliphatic rings. The van der Waals surface area contributed by atoms with Crippen LogP contribution in [0.2, 0.25) is 0 Å². The first-order valence-electron chi connectivity index (χ1n) is 5.81. The van der Waals surface area contributed by atoms with Gasteiger partial charge in [-0.05, 0) is 24.6 Å². The van der Waals surface area contributed by atoms with Crippen LogP contribution in [0.25, 0.3) is 15.8 Å². The molecule has 0 aliphatic heterocycles. The molecule has 0 unspecified atom stereocenters. The number of nitro groups is 1. The van der Waals surface area contributed by atoms with Crippen LogP contribution >= 0.6 is 11.3 Å². The van der Waals surface area contributed by atoms with Crippen molar-refractivity contribution >= 4 is 26.4 Å². The number of pyridine rings is 1. The van der Waals surface area contributed by atoms with Crippen LogP contribution in [0.3, 0.4) is 0 Å². The van der Waals surface area contributed by atoms with Gasteiger partial charge < -0.3 is 0 Å². The van der Waals surface area contributed by atoms with E-state index in [4.69, 9.17) is 0 Å². The van der Waals surface area contributed by atoms with Gasteiger partial charge in [0.2, 0.25) is 0 Å². The molecule has 3 aromatic rings. The van der Waals surface area contributed by atoms with Gasteiger partial charge in [0.25, 0.3) is 0 Å². The second-order valence-electron chi connectivity index (χ2n) is 4.29. The van der Waals surface area contributed by atoms with Gasteiger partial charge in [-0.1, -0.05) is 23.5 Å². The van der Waals surface area contributed by atoms with Crippen molar-refractivity contribution in [1.29, 1.82) is 0 Å². The van der Waals surface area contributed by atoms with Crippen LogP contribution in [-0.4, -0.2) is 4.92 Å². The zero-order chi connectivity index (χ0) is 13.4. The second kappa shape index (κ2) is 4.44. The maximum atomic E-state index is 11.2. The first-order valence-corrected chi connectivity index (χ1v) is 6.62. The fraction of sp³-hybridized carbons (Fsp3) is 0.0714. The first kappa shape index (κ1) is 11.8. The molecule has 0 radical (unpaired) electrons. The van der Waals surface area contributed by atoms with Gasteiger partial charge in [0.1, 0.15) is 0 Å². The predicted molar refractivity (Wildman–Crippen MR) is 74.7 cm³/mol. The Bertz CT molecular complexity index is 763. The van der Waals surface area contributed by atoms with E-state index < -0.39 is 0 Å². The normalized spacial score (nSPS) is 10.8. The van der Waals surface area contributed by atoms with Crippen molar-refractivity contribution in [1.82, 2.24) is 0 Å². The average Bonchev–Trinajstić information content (AvgIpc) is 2.79. The van der Waals surface area contributed by atoms with Gasteiger partial charge in [-0.15, -0.1) is 0 Å². The molecule has 0 amide bonds. The zero-order valence-corrected chi connectivity index (χ0v) is 11.1. The molecule has 0 aliphatic carbocycles. The summed E-state index contributed by atoms with van der Waals surface area (Å²) in [5, 5.41) is 12.3. The molecule has 0 atom stereocenters. The van der Waals surface area contributed by atoms with Gasteiger partial charge in [-0.25, -0.2) is 0 Å². The van der Waals surface area contributed by atoms with E-state index in [2.05, 4.69) is 0 Å². The van der Waals surface area contributed by atoms with Crippen LogP contribution in [-0.2, 0) is 0 Å². The molecule has 5 heteroatoms. The van der Waals surface area contributed by atoms with E-state index in [0.717, 1.165) is 15.6 Å². The number of hydrogen-bond acceptors (Lipinski definition) is 3. The van der Waals surface area contributed by atoms with Gasteiger partial charge in [0, 0.05) is 16.8 Å². The van der Waals surface area contributed by atoms with Gasteiger partial charge in [0.05, 0.1) is 10.3 Å². The summed E-state index contributed by atoms with van der Waals surface area (Å²) >= 11 is 1.21. The highest BCUT2D eigenvalue weighted by Crippen LogP contribution is 2.37. The van der Waals surface area contributed by atoms with E-state index in [1.54, 1.807) is 0 Å². The van der Waals surface area contributed by atoms with Gasteiger partial charge in [0.15, 0.2) is 12.4 Å². The number of hydrogen-bond donors (Lipinski definition) is 0. The molecule has 94 valence electrons. The summed E-state index contributed by atoms with van der Waals surface area (Å²) in [7, 11) is 0. The molecule has 19 heavy (non-hydrogen) atoms. The molecular formula is C14H11N2O2S+. The van der Waals surface area contributed by atoms with Crippen molar-refractivity contribution in [3.63, 3.8) is 0 Å². The lowest BCUT2D eigenvalue weighted by Gasteiger charge is -1.94. The van der Waals surface area contributed by atoms with Crippen LogP contribution in [0.1, 0.15) is 5.56 Å². The maximum absolute atomic E-state index is 11.2. The highest BCUT2D eigenvalue weighted by molar-refractivity contribution is 7.22. The molecule has 0 saturated heterocycles. The number of thiophene rings is 1. The third-order valence-electron chi connectivity index (χ3n) is 2.97. The predicted octanol–water partition coefficient (Wildman–Crippen LogP) is 3.39. The lowest BCUT2D eigenvalue weighted by atomic mass is 10.2. The van der Waals surface area contributed by atoms with Crippen LogP contribution in [0.5, 0.6) is 0 Å². The van der Waals surface area contributed by atoms with Crippen molar-refractivity contribution in [3.8, 4) is 5.69 Å². The molecule has 2 heterocycles. The minimum Gasteiger partial charge on any atom is -0.257 e. The van der Waals surface area contributed by atoms with E-state index in [1.807, 2.05) is 60.3 Å². The number of aromatic nitrogens is 1. The molecule has 0 fully saturated rings. The molecular weight excluding hydrogens is 260 g/mol. The van der Waals surface area contributed by atoms with Crippen LogP contribution < -0.4 is 4.57 Å². The van der Waals surface area contributed by atoms with E-state index in [-0.39, 0.29) is 9.92 Å². The Morgan fingerprint density at radius 1 is 1.16 bits per heavy atom. The third kappa shape index (κ3) is 1.98. The van der Waals surface area contributed by atoms with E-state index in [9.17, 15) is 10.1 Å². The Labute approximate surface area is 113 Å². The van der Waals surface area contributed by atoms with Gasteiger partial charge >= 0.3 is 10.7 Å². The monoisotopic (exact) mass is 271 g/mol. The highest BCUT2D eigenvalue weighted by Gasteiger charge is 2.29.